The molecule has 80 heavy (non-hydrogen) atoms. The van der Waals surface area contributed by atoms with Crippen molar-refractivity contribution >= 4 is 11.9 Å². The van der Waals surface area contributed by atoms with Gasteiger partial charge >= 0.3 is 5.97 Å². The molecule has 0 aliphatic rings. The van der Waals surface area contributed by atoms with E-state index in [1.54, 1.807) is 6.08 Å². The number of unbranched alkanes of at least 4 members (excludes halogenated alkanes) is 53. The molecule has 0 aromatic heterocycles. The summed E-state index contributed by atoms with van der Waals surface area (Å²) in [6.45, 7) is 4.93. The van der Waals surface area contributed by atoms with Crippen molar-refractivity contribution in [3.8, 4) is 0 Å². The minimum Gasteiger partial charge on any atom is -0.466 e. The van der Waals surface area contributed by atoms with E-state index in [4.69, 9.17) is 4.74 Å². The summed E-state index contributed by atoms with van der Waals surface area (Å²) in [5.74, 6) is -0.0555. The Kier molecular flexibility index (Phi) is 67.9. The summed E-state index contributed by atoms with van der Waals surface area (Å²) in [4.78, 5) is 24.6. The Morgan fingerprint density at radius 3 is 0.887 bits per heavy atom. The van der Waals surface area contributed by atoms with Crippen LogP contribution in [0.15, 0.2) is 36.5 Å². The van der Waals surface area contributed by atoms with Crippen LogP contribution in [0.4, 0.5) is 0 Å². The topological polar surface area (TPSA) is 95.9 Å². The number of aliphatic hydroxyl groups is 2. The number of carbonyl (C=O) groups is 2. The molecule has 0 aromatic rings. The van der Waals surface area contributed by atoms with Gasteiger partial charge in [0.05, 0.1) is 25.4 Å². The van der Waals surface area contributed by atoms with Gasteiger partial charge < -0.3 is 20.3 Å². The Hall–Kier alpha value is -1.92. The van der Waals surface area contributed by atoms with E-state index >= 15 is 0 Å². The van der Waals surface area contributed by atoms with Crippen molar-refractivity contribution in [2.45, 2.75) is 411 Å². The quantitative estimate of drug-likeness (QED) is 0.0320. The van der Waals surface area contributed by atoms with E-state index in [0.717, 1.165) is 44.9 Å². The lowest BCUT2D eigenvalue weighted by atomic mass is 10.0. The zero-order valence-electron chi connectivity index (χ0n) is 54.1. The molecule has 0 saturated carbocycles. The first kappa shape index (κ1) is 78.1. The molecule has 2 atom stereocenters. The number of ether oxygens (including phenoxy) is 1. The van der Waals surface area contributed by atoms with Crippen molar-refractivity contribution in [1.29, 1.82) is 0 Å². The molecular weight excluding hydrogens is 983 g/mol. The van der Waals surface area contributed by atoms with Crippen LogP contribution in [0.3, 0.4) is 0 Å². The fraction of sp³-hybridized carbons (Fsp3) is 0.892. The molecule has 0 aliphatic carbocycles. The molecule has 0 bridgehead atoms. The van der Waals surface area contributed by atoms with E-state index in [1.807, 2.05) is 6.08 Å². The second kappa shape index (κ2) is 69.6. The van der Waals surface area contributed by atoms with Crippen molar-refractivity contribution in [3.63, 3.8) is 0 Å². The predicted octanol–water partition coefficient (Wildman–Crippen LogP) is 23.5. The summed E-state index contributed by atoms with van der Waals surface area (Å²) in [7, 11) is 0. The molecule has 0 fully saturated rings. The zero-order chi connectivity index (χ0) is 57.8. The summed E-state index contributed by atoms with van der Waals surface area (Å²) in [5, 5.41) is 23.2. The molecule has 0 aromatic carbocycles. The van der Waals surface area contributed by atoms with Crippen LogP contribution in [0.1, 0.15) is 399 Å². The second-order valence-electron chi connectivity index (χ2n) is 24.9. The Labute approximate surface area is 500 Å². The van der Waals surface area contributed by atoms with Crippen molar-refractivity contribution < 1.29 is 24.5 Å². The largest absolute Gasteiger partial charge is 0.466 e. The first-order valence-electron chi connectivity index (χ1n) is 36.3. The van der Waals surface area contributed by atoms with Gasteiger partial charge in [-0.05, 0) is 83.5 Å². The highest BCUT2D eigenvalue weighted by Crippen LogP contribution is 2.18. The van der Waals surface area contributed by atoms with Crippen LogP contribution in [0.25, 0.3) is 0 Å². The van der Waals surface area contributed by atoms with Crippen LogP contribution in [-0.2, 0) is 14.3 Å². The highest BCUT2D eigenvalue weighted by Gasteiger charge is 2.18. The average molecular weight is 1120 g/mol. The van der Waals surface area contributed by atoms with Gasteiger partial charge in [0.25, 0.3) is 0 Å². The van der Waals surface area contributed by atoms with Crippen LogP contribution >= 0.6 is 0 Å². The molecule has 6 heteroatoms. The van der Waals surface area contributed by atoms with Gasteiger partial charge in [-0.1, -0.05) is 339 Å². The number of aliphatic hydroxyl groups excluding tert-OH is 2. The Bertz CT molecular complexity index is 1300. The van der Waals surface area contributed by atoms with Gasteiger partial charge in [-0.3, -0.25) is 9.59 Å². The number of nitrogens with one attached hydrogen (secondary N) is 1. The predicted molar refractivity (Wildman–Crippen MR) is 352 cm³/mol. The maximum atomic E-state index is 12.5. The monoisotopic (exact) mass is 1120 g/mol. The Morgan fingerprint density at radius 1 is 0.338 bits per heavy atom. The minimum absolute atomic E-state index is 0.00805. The normalized spacial score (nSPS) is 12.7. The van der Waals surface area contributed by atoms with Crippen LogP contribution in [0, 0.1) is 0 Å². The molecule has 6 nitrogen and oxygen atoms in total. The van der Waals surface area contributed by atoms with Crippen LogP contribution in [0.5, 0.6) is 0 Å². The highest BCUT2D eigenvalue weighted by molar-refractivity contribution is 5.76. The van der Waals surface area contributed by atoms with Crippen molar-refractivity contribution in [1.82, 2.24) is 5.32 Å². The average Bonchev–Trinajstić information content (AvgIpc) is 3.46. The van der Waals surface area contributed by atoms with E-state index in [9.17, 15) is 19.8 Å². The number of hydrogen-bond acceptors (Lipinski definition) is 5. The van der Waals surface area contributed by atoms with Crippen molar-refractivity contribution in [2.75, 3.05) is 13.2 Å². The smallest absolute Gasteiger partial charge is 0.305 e. The third-order valence-corrected chi connectivity index (χ3v) is 16.9. The molecule has 0 spiro atoms. The fourth-order valence-corrected chi connectivity index (χ4v) is 11.3. The van der Waals surface area contributed by atoms with Crippen LogP contribution in [-0.4, -0.2) is 47.4 Å². The summed E-state index contributed by atoms with van der Waals surface area (Å²) >= 11 is 0. The molecule has 3 N–H and O–H groups in total. The molecule has 0 saturated heterocycles. The second-order valence-corrected chi connectivity index (χ2v) is 24.9. The molecular formula is C74H141NO5. The van der Waals surface area contributed by atoms with Crippen molar-refractivity contribution in [3.05, 3.63) is 36.5 Å². The third kappa shape index (κ3) is 65.2. The maximum absolute atomic E-state index is 12.5. The van der Waals surface area contributed by atoms with Gasteiger partial charge in [-0.15, -0.1) is 0 Å². The van der Waals surface area contributed by atoms with E-state index < -0.39 is 12.1 Å². The molecule has 0 heterocycles. The van der Waals surface area contributed by atoms with Crippen LogP contribution < -0.4 is 5.32 Å². The summed E-state index contributed by atoms with van der Waals surface area (Å²) in [6, 6.07) is -0.628. The molecule has 0 radical (unpaired) electrons. The first-order valence-corrected chi connectivity index (χ1v) is 36.3. The fourth-order valence-electron chi connectivity index (χ4n) is 11.3. The summed E-state index contributed by atoms with van der Waals surface area (Å²) in [5.41, 5.74) is 0. The van der Waals surface area contributed by atoms with Crippen molar-refractivity contribution in [2.24, 2.45) is 0 Å². The number of hydrogen-bond donors (Lipinski definition) is 3. The lowest BCUT2D eigenvalue weighted by Gasteiger charge is -2.20. The maximum Gasteiger partial charge on any atom is 0.305 e. The van der Waals surface area contributed by atoms with E-state index in [0.29, 0.717) is 19.4 Å². The molecule has 2 unspecified atom stereocenters. The third-order valence-electron chi connectivity index (χ3n) is 16.9. The lowest BCUT2D eigenvalue weighted by Crippen LogP contribution is -2.45. The van der Waals surface area contributed by atoms with E-state index in [-0.39, 0.29) is 18.5 Å². The standard InChI is InChI=1S/C74H141NO5/c1-3-5-7-9-11-13-15-17-19-20-21-33-36-39-42-46-50-54-58-62-66-72(77)71(70-76)75-73(78)67-63-59-55-51-47-43-40-37-34-31-29-27-25-23-22-24-26-28-30-32-35-38-41-45-49-53-57-61-65-69-80-74(79)68-64-60-56-52-48-44-18-16-14-12-10-8-6-4-2/h16,18,22,24,62,66,71-72,76-77H,3-15,17,19-21,23,25-61,63-65,67-70H2,1-2H3,(H,75,78)/b18-16-,24-22-,66-62+. The zero-order valence-corrected chi connectivity index (χ0v) is 54.1. The van der Waals surface area contributed by atoms with Gasteiger partial charge in [-0.2, -0.15) is 0 Å². The van der Waals surface area contributed by atoms with Gasteiger partial charge in [0.15, 0.2) is 0 Å². The molecule has 472 valence electrons. The SMILES string of the molecule is CCCCCCC/C=C\CCCCCCCC(=O)OCCCCCCCCCCCCCC/C=C\CCCCCCCCCCCCCCCC(=O)NC(CO)C(O)/C=C/CCCCCCCCCCCCCCCCCCCC. The number of carbonyl (C=O) groups excluding carboxylic acids is 2. The molecule has 1 amide bonds. The van der Waals surface area contributed by atoms with Crippen LogP contribution in [0.2, 0.25) is 0 Å². The Balaban J connectivity index is 3.40. The van der Waals surface area contributed by atoms with Gasteiger partial charge in [-0.25, -0.2) is 0 Å². The number of amides is 1. The van der Waals surface area contributed by atoms with E-state index in [2.05, 4.69) is 43.5 Å². The number of esters is 1. The van der Waals surface area contributed by atoms with Gasteiger partial charge in [0.1, 0.15) is 0 Å². The summed E-state index contributed by atoms with van der Waals surface area (Å²) in [6.07, 6.45) is 89.4. The highest BCUT2D eigenvalue weighted by atomic mass is 16.5. The number of rotatable bonds is 68. The minimum atomic E-state index is -0.845. The number of allylic oxidation sites excluding steroid dienone is 5. The first-order chi connectivity index (χ1) is 39.5. The lowest BCUT2D eigenvalue weighted by molar-refractivity contribution is -0.143. The Morgan fingerprint density at radius 2 is 0.588 bits per heavy atom. The van der Waals surface area contributed by atoms with E-state index in [1.165, 1.54) is 327 Å². The van der Waals surface area contributed by atoms with Gasteiger partial charge in [0, 0.05) is 12.8 Å². The molecule has 0 rings (SSSR count). The van der Waals surface area contributed by atoms with Gasteiger partial charge in [0.2, 0.25) is 5.91 Å². The summed E-state index contributed by atoms with van der Waals surface area (Å²) < 4.78 is 5.49. The molecule has 0 aliphatic heterocycles.